The van der Waals surface area contributed by atoms with Crippen LogP contribution in [0.25, 0.3) is 0 Å². The number of hydrogen-bond acceptors (Lipinski definition) is 4. The molecule has 1 aliphatic rings. The Morgan fingerprint density at radius 2 is 2.27 bits per heavy atom. The van der Waals surface area contributed by atoms with Crippen molar-refractivity contribution in [2.75, 3.05) is 6.61 Å². The minimum atomic E-state index is -0.482. The minimum Gasteiger partial charge on any atom is -0.348 e. The molecule has 4 nitrogen and oxygen atoms in total. The predicted octanol–water partition coefficient (Wildman–Crippen LogP) is 1.82. The van der Waals surface area contributed by atoms with Gasteiger partial charge in [-0.2, -0.15) is 0 Å². The first-order chi connectivity index (χ1) is 7.05. The first-order valence-electron chi connectivity index (χ1n) is 4.83. The normalized spacial score (nSPS) is 24.3. The molecule has 0 aromatic carbocycles. The molecule has 0 unspecified atom stereocenters. The molecule has 0 bridgehead atoms. The summed E-state index contributed by atoms with van der Waals surface area (Å²) in [7, 11) is 0. The van der Waals surface area contributed by atoms with Gasteiger partial charge in [0.15, 0.2) is 5.79 Å². The predicted molar refractivity (Wildman–Crippen MR) is 55.7 cm³/mol. The summed E-state index contributed by atoms with van der Waals surface area (Å²) in [6.07, 6.45) is 3.96. The molecule has 2 heterocycles. The molecule has 1 saturated heterocycles. The van der Waals surface area contributed by atoms with E-state index in [1.807, 2.05) is 13.8 Å². The topological polar surface area (TPSA) is 44.2 Å². The zero-order chi connectivity index (χ0) is 10.9. The van der Waals surface area contributed by atoms with Gasteiger partial charge in [-0.3, -0.25) is 4.98 Å². The summed E-state index contributed by atoms with van der Waals surface area (Å²) < 4.78 is 11.1. The molecule has 0 amide bonds. The molecular formula is C10H13ClN2O2. The summed E-state index contributed by atoms with van der Waals surface area (Å²) in [5.74, 6) is -0.482. The van der Waals surface area contributed by atoms with Crippen LogP contribution in [0.1, 0.15) is 19.5 Å². The minimum absolute atomic E-state index is 0.0514. The highest BCUT2D eigenvalue weighted by atomic mass is 35.5. The highest BCUT2D eigenvalue weighted by Crippen LogP contribution is 2.23. The monoisotopic (exact) mass is 228 g/mol. The molecule has 15 heavy (non-hydrogen) atoms. The van der Waals surface area contributed by atoms with Crippen LogP contribution < -0.4 is 0 Å². The molecule has 2 rings (SSSR count). The zero-order valence-corrected chi connectivity index (χ0v) is 9.49. The van der Waals surface area contributed by atoms with Gasteiger partial charge in [0.1, 0.15) is 5.15 Å². The fraction of sp³-hybridized carbons (Fsp3) is 0.600. The van der Waals surface area contributed by atoms with Gasteiger partial charge in [-0.25, -0.2) is 4.98 Å². The Kier molecular flexibility index (Phi) is 2.91. The summed E-state index contributed by atoms with van der Waals surface area (Å²) in [5, 5.41) is 0.405. The Morgan fingerprint density at radius 1 is 1.47 bits per heavy atom. The van der Waals surface area contributed by atoms with Crippen molar-refractivity contribution in [3.05, 3.63) is 23.2 Å². The standard InChI is InChI=1S/C10H13ClN2O2/c1-10(2)14-6-8(15-10)3-7-4-13-9(11)5-12-7/h4-5,8H,3,6H2,1-2H3/t8-/m0/s1. The third kappa shape index (κ3) is 2.87. The Morgan fingerprint density at radius 3 is 2.80 bits per heavy atom. The van der Waals surface area contributed by atoms with Gasteiger partial charge < -0.3 is 9.47 Å². The quantitative estimate of drug-likeness (QED) is 0.775. The third-order valence-corrected chi connectivity index (χ3v) is 2.37. The van der Waals surface area contributed by atoms with Crippen LogP contribution in [0.5, 0.6) is 0 Å². The van der Waals surface area contributed by atoms with E-state index in [9.17, 15) is 0 Å². The van der Waals surface area contributed by atoms with E-state index in [2.05, 4.69) is 9.97 Å². The second-order valence-electron chi connectivity index (χ2n) is 3.99. The largest absolute Gasteiger partial charge is 0.348 e. The van der Waals surface area contributed by atoms with Crippen LogP contribution in [0, 0.1) is 0 Å². The molecule has 0 saturated carbocycles. The van der Waals surface area contributed by atoms with E-state index in [0.717, 1.165) is 5.69 Å². The third-order valence-electron chi connectivity index (χ3n) is 2.18. The van der Waals surface area contributed by atoms with Crippen LogP contribution in [0.3, 0.4) is 0 Å². The maximum Gasteiger partial charge on any atom is 0.163 e. The molecule has 1 aliphatic heterocycles. The smallest absolute Gasteiger partial charge is 0.163 e. The highest BCUT2D eigenvalue weighted by molar-refractivity contribution is 6.29. The Balaban J connectivity index is 1.96. The van der Waals surface area contributed by atoms with Crippen molar-refractivity contribution in [3.8, 4) is 0 Å². The summed E-state index contributed by atoms with van der Waals surface area (Å²) in [6, 6.07) is 0. The zero-order valence-electron chi connectivity index (χ0n) is 8.74. The Labute approximate surface area is 93.6 Å². The van der Waals surface area contributed by atoms with Crippen LogP contribution >= 0.6 is 11.6 Å². The van der Waals surface area contributed by atoms with Gasteiger partial charge in [-0.05, 0) is 13.8 Å². The van der Waals surface area contributed by atoms with Gasteiger partial charge >= 0.3 is 0 Å². The molecule has 1 fully saturated rings. The first-order valence-corrected chi connectivity index (χ1v) is 5.21. The molecule has 82 valence electrons. The number of nitrogens with zero attached hydrogens (tertiary/aromatic N) is 2. The number of aromatic nitrogens is 2. The van der Waals surface area contributed by atoms with Crippen molar-refractivity contribution in [1.82, 2.24) is 9.97 Å². The van der Waals surface area contributed by atoms with Gasteiger partial charge in [0.2, 0.25) is 0 Å². The molecular weight excluding hydrogens is 216 g/mol. The maximum absolute atomic E-state index is 5.66. The fourth-order valence-electron chi connectivity index (χ4n) is 1.54. The average molecular weight is 229 g/mol. The second-order valence-corrected chi connectivity index (χ2v) is 4.37. The number of hydrogen-bond donors (Lipinski definition) is 0. The summed E-state index contributed by atoms with van der Waals surface area (Å²) >= 11 is 5.64. The lowest BCUT2D eigenvalue weighted by Crippen LogP contribution is -2.22. The van der Waals surface area contributed by atoms with Crippen LogP contribution in [-0.2, 0) is 15.9 Å². The number of ether oxygens (including phenoxy) is 2. The average Bonchev–Trinajstić information content (AvgIpc) is 2.50. The van der Waals surface area contributed by atoms with Crippen molar-refractivity contribution >= 4 is 11.6 Å². The first kappa shape index (κ1) is 10.8. The van der Waals surface area contributed by atoms with Crippen LogP contribution in [0.2, 0.25) is 5.15 Å². The van der Waals surface area contributed by atoms with Crippen LogP contribution in [-0.4, -0.2) is 28.5 Å². The van der Waals surface area contributed by atoms with E-state index in [0.29, 0.717) is 18.2 Å². The van der Waals surface area contributed by atoms with Gasteiger partial charge in [-0.15, -0.1) is 0 Å². The van der Waals surface area contributed by atoms with Crippen molar-refractivity contribution in [1.29, 1.82) is 0 Å². The van der Waals surface area contributed by atoms with Crippen LogP contribution in [0.15, 0.2) is 12.4 Å². The van der Waals surface area contributed by atoms with E-state index in [1.54, 1.807) is 6.20 Å². The van der Waals surface area contributed by atoms with Gasteiger partial charge in [0.05, 0.1) is 30.8 Å². The molecule has 5 heteroatoms. The molecule has 1 aromatic heterocycles. The van der Waals surface area contributed by atoms with Crippen molar-refractivity contribution in [2.45, 2.75) is 32.2 Å². The van der Waals surface area contributed by atoms with Gasteiger partial charge in [-0.1, -0.05) is 11.6 Å². The summed E-state index contributed by atoms with van der Waals surface area (Å²) in [6.45, 7) is 4.40. The van der Waals surface area contributed by atoms with Gasteiger partial charge in [0.25, 0.3) is 0 Å². The fourth-order valence-corrected chi connectivity index (χ4v) is 1.64. The second kappa shape index (κ2) is 4.04. The number of rotatable bonds is 2. The molecule has 1 atom stereocenters. The van der Waals surface area contributed by atoms with E-state index >= 15 is 0 Å². The van der Waals surface area contributed by atoms with E-state index in [4.69, 9.17) is 21.1 Å². The van der Waals surface area contributed by atoms with Gasteiger partial charge in [0, 0.05) is 6.42 Å². The highest BCUT2D eigenvalue weighted by Gasteiger charge is 2.32. The van der Waals surface area contributed by atoms with E-state index < -0.39 is 5.79 Å². The maximum atomic E-state index is 5.66. The molecule has 0 spiro atoms. The Hall–Kier alpha value is -0.710. The SMILES string of the molecule is CC1(C)OC[C@H](Cc2cnc(Cl)cn2)O1. The van der Waals surface area contributed by atoms with E-state index in [-0.39, 0.29) is 6.10 Å². The Bertz CT molecular complexity index is 340. The lowest BCUT2D eigenvalue weighted by Gasteiger charge is -2.16. The van der Waals surface area contributed by atoms with Crippen molar-refractivity contribution in [2.24, 2.45) is 0 Å². The molecule has 0 aliphatic carbocycles. The molecule has 0 radical (unpaired) electrons. The molecule has 1 aromatic rings. The van der Waals surface area contributed by atoms with Crippen molar-refractivity contribution < 1.29 is 9.47 Å². The number of halogens is 1. The van der Waals surface area contributed by atoms with E-state index in [1.165, 1.54) is 6.20 Å². The molecule has 0 N–H and O–H groups in total. The summed E-state index contributed by atoms with van der Waals surface area (Å²) in [5.41, 5.74) is 0.866. The van der Waals surface area contributed by atoms with Crippen LogP contribution in [0.4, 0.5) is 0 Å². The lowest BCUT2D eigenvalue weighted by molar-refractivity contribution is -0.138. The lowest BCUT2D eigenvalue weighted by atomic mass is 10.2. The van der Waals surface area contributed by atoms with Crippen molar-refractivity contribution in [3.63, 3.8) is 0 Å². The summed E-state index contributed by atoms with van der Waals surface area (Å²) in [4.78, 5) is 8.12.